The summed E-state index contributed by atoms with van der Waals surface area (Å²) in [7, 11) is 0. The number of nitrogens with one attached hydrogen (secondary N) is 1. The van der Waals surface area contributed by atoms with Crippen molar-refractivity contribution < 1.29 is 19.2 Å². The number of aryl methyl sites for hydroxylation is 3. The number of phenolic OH excluding ortho intramolecular Hbond substituents is 1. The van der Waals surface area contributed by atoms with Crippen molar-refractivity contribution >= 4 is 28.9 Å². The molecule has 0 aliphatic rings. The van der Waals surface area contributed by atoms with Crippen molar-refractivity contribution in [1.29, 1.82) is 0 Å². The third-order valence-electron chi connectivity index (χ3n) is 4.59. The summed E-state index contributed by atoms with van der Waals surface area (Å²) in [5.74, 6) is -0.395. The number of phenols is 1. The Hall–Kier alpha value is -3.32. The molecule has 1 heterocycles. The van der Waals surface area contributed by atoms with E-state index >= 15 is 0 Å². The van der Waals surface area contributed by atoms with Gasteiger partial charge in [-0.3, -0.25) is 14.9 Å². The van der Waals surface area contributed by atoms with Crippen LogP contribution >= 0.6 is 11.6 Å². The molecular weight excluding hydrogens is 396 g/mol. The Bertz CT molecular complexity index is 1100. The summed E-state index contributed by atoms with van der Waals surface area (Å²) in [6, 6.07) is 9.45. The molecule has 0 spiro atoms. The number of rotatable bonds is 5. The fraction of sp³-hybridized carbons (Fsp3) is 0.190. The Labute approximate surface area is 172 Å². The normalized spacial score (nSPS) is 10.8. The van der Waals surface area contributed by atoms with Crippen LogP contribution in [0, 0.1) is 30.9 Å². The van der Waals surface area contributed by atoms with Gasteiger partial charge in [-0.2, -0.15) is 0 Å². The van der Waals surface area contributed by atoms with Crippen LogP contribution in [-0.4, -0.2) is 15.9 Å². The number of amides is 1. The van der Waals surface area contributed by atoms with Gasteiger partial charge >= 0.3 is 0 Å². The molecule has 0 atom stereocenters. The number of furan rings is 1. The largest absolute Gasteiger partial charge is 0.506 e. The molecule has 0 saturated heterocycles. The number of hydrogen-bond acceptors (Lipinski definition) is 5. The molecule has 3 rings (SSSR count). The van der Waals surface area contributed by atoms with Crippen LogP contribution < -0.4 is 5.32 Å². The highest BCUT2D eigenvalue weighted by Gasteiger charge is 2.20. The molecule has 2 aromatic carbocycles. The predicted molar refractivity (Wildman–Crippen MR) is 110 cm³/mol. The van der Waals surface area contributed by atoms with Crippen LogP contribution in [0.4, 0.5) is 11.4 Å². The molecule has 150 valence electrons. The third kappa shape index (κ3) is 4.41. The third-order valence-corrected chi connectivity index (χ3v) is 4.89. The Balaban J connectivity index is 1.78. The minimum Gasteiger partial charge on any atom is -0.506 e. The summed E-state index contributed by atoms with van der Waals surface area (Å²) >= 11 is 5.83. The summed E-state index contributed by atoms with van der Waals surface area (Å²) in [4.78, 5) is 22.6. The van der Waals surface area contributed by atoms with Gasteiger partial charge in [0, 0.05) is 6.42 Å². The zero-order valence-corrected chi connectivity index (χ0v) is 16.8. The van der Waals surface area contributed by atoms with E-state index in [1.807, 2.05) is 20.8 Å². The highest BCUT2D eigenvalue weighted by atomic mass is 35.5. The number of hydrogen-bond donors (Lipinski definition) is 2. The smallest absolute Gasteiger partial charge is 0.291 e. The Morgan fingerprint density at radius 3 is 2.45 bits per heavy atom. The number of nitro groups is 1. The van der Waals surface area contributed by atoms with Gasteiger partial charge in [0.15, 0.2) is 5.76 Å². The minimum atomic E-state index is -0.721. The molecule has 0 saturated carbocycles. The van der Waals surface area contributed by atoms with E-state index in [1.54, 1.807) is 6.07 Å². The zero-order chi connectivity index (χ0) is 21.3. The molecule has 0 radical (unpaired) electrons. The van der Waals surface area contributed by atoms with Crippen LogP contribution in [0.1, 0.15) is 38.6 Å². The molecule has 0 bridgehead atoms. The van der Waals surface area contributed by atoms with Gasteiger partial charge in [0.1, 0.15) is 16.5 Å². The number of nitro benzene ring substituents is 1. The standard InChI is InChI=1S/C21H19ClN2O5/c1-11-6-12(2)15(13(3)7-11)8-14-4-5-20(29-14)21(26)23-17-9-16(22)18(24(27)28)10-19(17)25/h4-7,9-10,25H,8H2,1-3H3,(H,23,26). The number of carbonyl (C=O) groups excluding carboxylic acids is 1. The first-order valence-corrected chi connectivity index (χ1v) is 9.17. The lowest BCUT2D eigenvalue weighted by molar-refractivity contribution is -0.384. The van der Waals surface area contributed by atoms with E-state index in [0.717, 1.165) is 28.8 Å². The van der Waals surface area contributed by atoms with E-state index in [-0.39, 0.29) is 16.5 Å². The van der Waals surface area contributed by atoms with Crippen molar-refractivity contribution in [3.8, 4) is 5.75 Å². The molecule has 29 heavy (non-hydrogen) atoms. The lowest BCUT2D eigenvalue weighted by Gasteiger charge is -2.10. The predicted octanol–water partition coefficient (Wildman–Crippen LogP) is 5.32. The van der Waals surface area contributed by atoms with Crippen molar-refractivity contribution in [2.45, 2.75) is 27.2 Å². The first-order chi connectivity index (χ1) is 13.7. The summed E-state index contributed by atoms with van der Waals surface area (Å²) in [6.07, 6.45) is 0.542. The van der Waals surface area contributed by atoms with Gasteiger partial charge in [-0.1, -0.05) is 29.3 Å². The van der Waals surface area contributed by atoms with Gasteiger partial charge in [-0.15, -0.1) is 0 Å². The van der Waals surface area contributed by atoms with Crippen LogP contribution in [0.2, 0.25) is 5.02 Å². The Morgan fingerprint density at radius 1 is 1.17 bits per heavy atom. The van der Waals surface area contributed by atoms with Crippen molar-refractivity contribution in [2.24, 2.45) is 0 Å². The quantitative estimate of drug-likeness (QED) is 0.334. The van der Waals surface area contributed by atoms with E-state index in [0.29, 0.717) is 12.2 Å². The molecule has 0 aliphatic carbocycles. The fourth-order valence-electron chi connectivity index (χ4n) is 3.23. The van der Waals surface area contributed by atoms with Crippen LogP contribution in [0.3, 0.4) is 0 Å². The Morgan fingerprint density at radius 2 is 1.83 bits per heavy atom. The van der Waals surface area contributed by atoms with Gasteiger partial charge in [0.05, 0.1) is 16.7 Å². The lowest BCUT2D eigenvalue weighted by Crippen LogP contribution is -2.11. The highest BCUT2D eigenvalue weighted by Crippen LogP contribution is 2.35. The second-order valence-electron chi connectivity index (χ2n) is 6.85. The first-order valence-electron chi connectivity index (χ1n) is 8.79. The number of aromatic hydroxyl groups is 1. The van der Waals surface area contributed by atoms with Gasteiger partial charge in [0.25, 0.3) is 11.6 Å². The number of anilines is 1. The van der Waals surface area contributed by atoms with Crippen molar-refractivity contribution in [2.75, 3.05) is 5.32 Å². The minimum absolute atomic E-state index is 0.0474. The lowest BCUT2D eigenvalue weighted by atomic mass is 9.97. The molecule has 0 unspecified atom stereocenters. The molecular formula is C21H19ClN2O5. The van der Waals surface area contributed by atoms with Gasteiger partial charge in [0.2, 0.25) is 0 Å². The van der Waals surface area contributed by atoms with E-state index in [9.17, 15) is 20.0 Å². The second-order valence-corrected chi connectivity index (χ2v) is 7.26. The monoisotopic (exact) mass is 414 g/mol. The van der Waals surface area contributed by atoms with Crippen LogP contribution in [-0.2, 0) is 6.42 Å². The van der Waals surface area contributed by atoms with E-state index < -0.39 is 22.3 Å². The van der Waals surface area contributed by atoms with E-state index in [4.69, 9.17) is 16.0 Å². The number of carbonyl (C=O) groups is 1. The molecule has 2 N–H and O–H groups in total. The summed E-state index contributed by atoms with van der Waals surface area (Å²) in [5, 5.41) is 23.0. The summed E-state index contributed by atoms with van der Waals surface area (Å²) < 4.78 is 5.66. The molecule has 3 aromatic rings. The Kier molecular flexibility index (Phi) is 5.61. The zero-order valence-electron chi connectivity index (χ0n) is 16.1. The van der Waals surface area contributed by atoms with E-state index in [1.165, 1.54) is 11.6 Å². The molecule has 8 heteroatoms. The molecule has 0 aliphatic heterocycles. The molecule has 1 amide bonds. The fourth-order valence-corrected chi connectivity index (χ4v) is 3.47. The summed E-state index contributed by atoms with van der Waals surface area (Å²) in [5.41, 5.74) is 4.12. The van der Waals surface area contributed by atoms with Crippen molar-refractivity contribution in [3.63, 3.8) is 0 Å². The summed E-state index contributed by atoms with van der Waals surface area (Å²) in [6.45, 7) is 6.11. The number of nitrogens with zero attached hydrogens (tertiary/aromatic N) is 1. The van der Waals surface area contributed by atoms with Gasteiger partial charge in [-0.25, -0.2) is 0 Å². The van der Waals surface area contributed by atoms with Crippen molar-refractivity contribution in [3.05, 3.63) is 85.3 Å². The van der Waals surface area contributed by atoms with Crippen LogP contribution in [0.25, 0.3) is 0 Å². The van der Waals surface area contributed by atoms with Gasteiger partial charge < -0.3 is 14.8 Å². The molecule has 1 aromatic heterocycles. The topological polar surface area (TPSA) is 106 Å². The maximum Gasteiger partial charge on any atom is 0.291 e. The highest BCUT2D eigenvalue weighted by molar-refractivity contribution is 6.33. The van der Waals surface area contributed by atoms with Gasteiger partial charge in [-0.05, 0) is 55.7 Å². The maximum absolute atomic E-state index is 12.4. The average molecular weight is 415 g/mol. The van der Waals surface area contributed by atoms with Crippen molar-refractivity contribution in [1.82, 2.24) is 0 Å². The first kappa shape index (κ1) is 20.4. The number of benzene rings is 2. The van der Waals surface area contributed by atoms with Crippen LogP contribution in [0.5, 0.6) is 5.75 Å². The second kappa shape index (κ2) is 7.97. The van der Waals surface area contributed by atoms with E-state index in [2.05, 4.69) is 17.4 Å². The molecule has 7 nitrogen and oxygen atoms in total. The SMILES string of the molecule is Cc1cc(C)c(Cc2ccc(C(=O)Nc3cc(Cl)c([N+](=O)[O-])cc3O)o2)c(C)c1. The van der Waals surface area contributed by atoms with Crippen LogP contribution in [0.15, 0.2) is 40.8 Å². The molecule has 0 fully saturated rings. The maximum atomic E-state index is 12.4. The number of halogens is 1. The average Bonchev–Trinajstić information content (AvgIpc) is 3.09.